The first-order chi connectivity index (χ1) is 19.1. The Morgan fingerprint density at radius 1 is 1.07 bits per heavy atom. The lowest BCUT2D eigenvalue weighted by molar-refractivity contribution is 0.0526. The second-order valence-corrected chi connectivity index (χ2v) is 12.5. The largest absolute Gasteiger partial charge is 0.497 e. The Balaban J connectivity index is 1.59. The Bertz CT molecular complexity index is 1580. The van der Waals surface area contributed by atoms with Crippen molar-refractivity contribution in [2.45, 2.75) is 53.9 Å². The third-order valence-corrected chi connectivity index (χ3v) is 9.09. The van der Waals surface area contributed by atoms with E-state index in [1.807, 2.05) is 55.5 Å². The number of carbonyl (C=O) groups excluding carboxylic acids is 2. The molecule has 1 atom stereocenters. The van der Waals surface area contributed by atoms with Crippen LogP contribution in [-0.2, 0) is 17.6 Å². The van der Waals surface area contributed by atoms with E-state index >= 15 is 0 Å². The van der Waals surface area contributed by atoms with Crippen LogP contribution in [0.1, 0.15) is 70.8 Å². The van der Waals surface area contributed by atoms with Crippen LogP contribution in [0.2, 0.25) is 0 Å². The predicted molar refractivity (Wildman–Crippen MR) is 162 cm³/mol. The fraction of sp³-hybridized carbons (Fsp3) is 0.364. The first kappa shape index (κ1) is 27.8. The predicted octanol–water partition coefficient (Wildman–Crippen LogP) is 7.86. The lowest BCUT2D eigenvalue weighted by Gasteiger charge is -2.33. The Morgan fingerprint density at radius 2 is 1.80 bits per heavy atom. The molecule has 2 aromatic carbocycles. The highest BCUT2D eigenvalue weighted by Gasteiger charge is 2.35. The van der Waals surface area contributed by atoms with Crippen molar-refractivity contribution in [3.05, 3.63) is 75.7 Å². The van der Waals surface area contributed by atoms with Gasteiger partial charge in [-0.3, -0.25) is 4.79 Å². The number of nitrogens with one attached hydrogen (secondary N) is 1. The van der Waals surface area contributed by atoms with Gasteiger partial charge in [0.05, 0.1) is 36.1 Å². The minimum atomic E-state index is -0.375. The molecule has 208 valence electrons. The maximum absolute atomic E-state index is 14.1. The van der Waals surface area contributed by atoms with Gasteiger partial charge in [-0.1, -0.05) is 39.0 Å². The number of ether oxygens (including phenoxy) is 2. The molecule has 40 heavy (non-hydrogen) atoms. The normalized spacial score (nSPS) is 15.0. The molecule has 1 unspecified atom stereocenters. The molecule has 1 aliphatic rings. The molecule has 2 aromatic heterocycles. The van der Waals surface area contributed by atoms with Crippen molar-refractivity contribution >= 4 is 39.1 Å². The molecule has 2 heterocycles. The SMILES string of the molecule is CCOC(=O)c1c(NC(=O)c2c(C)c(-c3ccc(OC)cc3)nc3ccccc23)sc2c1CCC(C(C)(C)C)C2. The Kier molecular flexibility index (Phi) is 7.69. The highest BCUT2D eigenvalue weighted by Crippen LogP contribution is 2.45. The average molecular weight is 557 g/mol. The fourth-order valence-corrected chi connectivity index (χ4v) is 6.94. The number of anilines is 1. The number of aromatic nitrogens is 1. The van der Waals surface area contributed by atoms with Crippen LogP contribution in [0.3, 0.4) is 0 Å². The van der Waals surface area contributed by atoms with Gasteiger partial charge in [-0.15, -0.1) is 11.3 Å². The number of benzene rings is 2. The molecule has 6 nitrogen and oxygen atoms in total. The van der Waals surface area contributed by atoms with Crippen molar-refractivity contribution < 1.29 is 19.1 Å². The summed E-state index contributed by atoms with van der Waals surface area (Å²) in [6, 6.07) is 15.3. The molecule has 1 amide bonds. The molecule has 0 spiro atoms. The summed E-state index contributed by atoms with van der Waals surface area (Å²) >= 11 is 1.51. The van der Waals surface area contributed by atoms with E-state index < -0.39 is 0 Å². The minimum absolute atomic E-state index is 0.167. The Morgan fingerprint density at radius 3 is 2.48 bits per heavy atom. The Hall–Kier alpha value is -3.71. The maximum Gasteiger partial charge on any atom is 0.341 e. The van der Waals surface area contributed by atoms with Crippen LogP contribution >= 0.6 is 11.3 Å². The lowest BCUT2D eigenvalue weighted by Crippen LogP contribution is -2.26. The maximum atomic E-state index is 14.1. The van der Waals surface area contributed by atoms with E-state index in [9.17, 15) is 9.59 Å². The van der Waals surface area contributed by atoms with Gasteiger partial charge in [0, 0.05) is 15.8 Å². The molecule has 0 aliphatic heterocycles. The molecule has 1 N–H and O–H groups in total. The number of carbonyl (C=O) groups is 2. The van der Waals surface area contributed by atoms with E-state index in [4.69, 9.17) is 14.5 Å². The molecule has 0 radical (unpaired) electrons. The number of amides is 1. The number of rotatable bonds is 6. The number of fused-ring (bicyclic) bond motifs is 2. The summed E-state index contributed by atoms with van der Waals surface area (Å²) in [6.07, 6.45) is 2.70. The number of pyridine rings is 1. The third-order valence-electron chi connectivity index (χ3n) is 7.92. The molecule has 0 saturated heterocycles. The molecule has 4 aromatic rings. The van der Waals surface area contributed by atoms with Gasteiger partial charge in [-0.2, -0.15) is 0 Å². The number of hydrogen-bond donors (Lipinski definition) is 1. The van der Waals surface area contributed by atoms with Gasteiger partial charge < -0.3 is 14.8 Å². The summed E-state index contributed by atoms with van der Waals surface area (Å²) in [7, 11) is 1.63. The van der Waals surface area contributed by atoms with E-state index in [-0.39, 0.29) is 23.9 Å². The zero-order valence-corrected chi connectivity index (χ0v) is 24.8. The van der Waals surface area contributed by atoms with Gasteiger partial charge in [0.15, 0.2) is 0 Å². The second kappa shape index (κ2) is 11.0. The first-order valence-electron chi connectivity index (χ1n) is 13.8. The van der Waals surface area contributed by atoms with Crippen LogP contribution in [0.15, 0.2) is 48.5 Å². The van der Waals surface area contributed by atoms with Crippen molar-refractivity contribution in [3.8, 4) is 17.0 Å². The monoisotopic (exact) mass is 556 g/mol. The van der Waals surface area contributed by atoms with Gasteiger partial charge >= 0.3 is 5.97 Å². The molecule has 0 bridgehead atoms. The number of thiophene rings is 1. The standard InChI is InChI=1S/C33H36N2O4S/c1-7-39-32(37)28-24-17-14-21(33(3,4)5)18-26(24)40-31(28)35-30(36)27-19(2)29(20-12-15-22(38-6)16-13-20)34-25-11-9-8-10-23(25)27/h8-13,15-16,21H,7,14,17-18H2,1-6H3,(H,35,36). The number of para-hydroxylation sites is 1. The molecule has 0 fully saturated rings. The highest BCUT2D eigenvalue weighted by molar-refractivity contribution is 7.17. The van der Waals surface area contributed by atoms with Gasteiger partial charge in [-0.25, -0.2) is 9.78 Å². The van der Waals surface area contributed by atoms with Crippen LogP contribution in [0.25, 0.3) is 22.2 Å². The average Bonchev–Trinajstić information content (AvgIpc) is 3.29. The first-order valence-corrected chi connectivity index (χ1v) is 14.6. The highest BCUT2D eigenvalue weighted by atomic mass is 32.1. The summed E-state index contributed by atoms with van der Waals surface area (Å²) in [5, 5.41) is 4.47. The van der Waals surface area contributed by atoms with Gasteiger partial charge in [0.25, 0.3) is 5.91 Å². The van der Waals surface area contributed by atoms with Crippen molar-refractivity contribution in [1.29, 1.82) is 0 Å². The summed E-state index contributed by atoms with van der Waals surface area (Å²) in [6.45, 7) is 10.8. The second-order valence-electron chi connectivity index (χ2n) is 11.4. The van der Waals surface area contributed by atoms with E-state index in [2.05, 4.69) is 26.1 Å². The van der Waals surface area contributed by atoms with Crippen molar-refractivity contribution in [1.82, 2.24) is 4.98 Å². The molecule has 1 aliphatic carbocycles. The molecular formula is C33H36N2O4S. The summed E-state index contributed by atoms with van der Waals surface area (Å²) in [4.78, 5) is 33.4. The van der Waals surface area contributed by atoms with Crippen LogP contribution in [-0.4, -0.2) is 30.6 Å². The van der Waals surface area contributed by atoms with Crippen LogP contribution in [0.5, 0.6) is 5.75 Å². The number of esters is 1. The van der Waals surface area contributed by atoms with Gasteiger partial charge in [0.2, 0.25) is 0 Å². The molecule has 7 heteroatoms. The van der Waals surface area contributed by atoms with E-state index in [0.717, 1.165) is 58.3 Å². The van der Waals surface area contributed by atoms with Crippen molar-refractivity contribution in [3.63, 3.8) is 0 Å². The minimum Gasteiger partial charge on any atom is -0.497 e. The zero-order chi connectivity index (χ0) is 28.6. The molecule has 5 rings (SSSR count). The van der Waals surface area contributed by atoms with E-state index in [1.54, 1.807) is 14.0 Å². The lowest BCUT2D eigenvalue weighted by atomic mass is 9.72. The summed E-state index contributed by atoms with van der Waals surface area (Å²) < 4.78 is 10.8. The van der Waals surface area contributed by atoms with Gasteiger partial charge in [0.1, 0.15) is 10.8 Å². The van der Waals surface area contributed by atoms with E-state index in [0.29, 0.717) is 22.0 Å². The number of methoxy groups -OCH3 is 1. The summed E-state index contributed by atoms with van der Waals surface area (Å²) in [5.41, 5.74) is 5.37. The van der Waals surface area contributed by atoms with Crippen molar-refractivity contribution in [2.75, 3.05) is 19.0 Å². The number of hydrogen-bond acceptors (Lipinski definition) is 6. The van der Waals surface area contributed by atoms with E-state index in [1.165, 1.54) is 16.2 Å². The Labute approximate surface area is 239 Å². The smallest absolute Gasteiger partial charge is 0.341 e. The number of nitrogens with zero attached hydrogens (tertiary/aromatic N) is 1. The van der Waals surface area contributed by atoms with Crippen LogP contribution in [0, 0.1) is 18.3 Å². The van der Waals surface area contributed by atoms with Crippen LogP contribution in [0.4, 0.5) is 5.00 Å². The zero-order valence-electron chi connectivity index (χ0n) is 24.0. The fourth-order valence-electron chi connectivity index (χ4n) is 5.63. The third kappa shape index (κ3) is 5.22. The summed E-state index contributed by atoms with van der Waals surface area (Å²) in [5.74, 6) is 0.625. The topological polar surface area (TPSA) is 77.5 Å². The molecule has 0 saturated carbocycles. The van der Waals surface area contributed by atoms with Crippen LogP contribution < -0.4 is 10.1 Å². The van der Waals surface area contributed by atoms with Crippen molar-refractivity contribution in [2.24, 2.45) is 11.3 Å². The molecular weight excluding hydrogens is 520 g/mol. The van der Waals surface area contributed by atoms with Gasteiger partial charge in [-0.05, 0) is 85.9 Å². The quantitative estimate of drug-likeness (QED) is 0.245.